The number of carboxylic acid groups (broad SMARTS) is 1. The number of nitrogens with one attached hydrogen (secondary N) is 1. The molecule has 5 nitrogen and oxygen atoms in total. The molecule has 0 amide bonds. The van der Waals surface area contributed by atoms with Crippen LogP contribution in [0.1, 0.15) is 43.2 Å². The summed E-state index contributed by atoms with van der Waals surface area (Å²) in [6.45, 7) is 0.395. The first-order valence-electron chi connectivity index (χ1n) is 11.7. The Morgan fingerprint density at radius 1 is 1.24 bits per heavy atom. The molecule has 2 N–H and O–H groups in total. The van der Waals surface area contributed by atoms with Crippen LogP contribution >= 0.6 is 11.6 Å². The molecule has 1 aliphatic heterocycles. The van der Waals surface area contributed by atoms with E-state index in [9.17, 15) is 13.6 Å². The lowest BCUT2D eigenvalue weighted by Gasteiger charge is -2.45. The van der Waals surface area contributed by atoms with Gasteiger partial charge in [-0.15, -0.1) is 0 Å². The van der Waals surface area contributed by atoms with Crippen LogP contribution in [0.25, 0.3) is 0 Å². The van der Waals surface area contributed by atoms with Gasteiger partial charge in [0.05, 0.1) is 5.02 Å². The van der Waals surface area contributed by atoms with Gasteiger partial charge in [0, 0.05) is 24.6 Å². The van der Waals surface area contributed by atoms with Gasteiger partial charge in [0.15, 0.2) is 0 Å². The first-order chi connectivity index (χ1) is 16.2. The van der Waals surface area contributed by atoms with E-state index in [2.05, 4.69) is 10.2 Å². The zero-order valence-corrected chi connectivity index (χ0v) is 20.2. The van der Waals surface area contributed by atoms with Crippen molar-refractivity contribution in [1.29, 1.82) is 0 Å². The number of carboxylic acids is 1. The zero-order chi connectivity index (χ0) is 24.5. The summed E-state index contributed by atoms with van der Waals surface area (Å²) in [4.78, 5) is 13.3. The van der Waals surface area contributed by atoms with Crippen molar-refractivity contribution in [2.75, 3.05) is 20.6 Å². The van der Waals surface area contributed by atoms with Crippen molar-refractivity contribution >= 4 is 17.6 Å². The number of hydrogen-bond donors (Lipinski definition) is 2. The summed E-state index contributed by atoms with van der Waals surface area (Å²) in [7, 11) is 4.07. The quantitative estimate of drug-likeness (QED) is 0.569. The van der Waals surface area contributed by atoms with Crippen LogP contribution in [0.3, 0.4) is 0 Å². The molecule has 1 heterocycles. The molecular weight excluding hydrogens is 462 g/mol. The zero-order valence-electron chi connectivity index (χ0n) is 19.5. The summed E-state index contributed by atoms with van der Waals surface area (Å²) in [5.41, 5.74) is 1.46. The fourth-order valence-corrected chi connectivity index (χ4v) is 5.64. The minimum Gasteiger partial charge on any atom is -0.489 e. The Morgan fingerprint density at radius 2 is 1.97 bits per heavy atom. The lowest BCUT2D eigenvalue weighted by molar-refractivity contribution is -0.139. The summed E-state index contributed by atoms with van der Waals surface area (Å²) in [6, 6.07) is 9.23. The number of aliphatic carboxylic acids is 1. The number of benzene rings is 2. The van der Waals surface area contributed by atoms with Crippen LogP contribution in [-0.2, 0) is 16.8 Å². The maximum absolute atomic E-state index is 14.6. The third kappa shape index (κ3) is 5.21. The van der Waals surface area contributed by atoms with Crippen molar-refractivity contribution in [2.24, 2.45) is 5.92 Å². The molecule has 0 unspecified atom stereocenters. The van der Waals surface area contributed by atoms with Crippen molar-refractivity contribution in [2.45, 2.75) is 56.2 Å². The number of nitrogens with zero attached hydrogens (tertiary/aromatic N) is 1. The highest BCUT2D eigenvalue weighted by atomic mass is 35.5. The maximum atomic E-state index is 14.6. The van der Waals surface area contributed by atoms with Gasteiger partial charge in [-0.2, -0.15) is 0 Å². The minimum atomic E-state index is -0.918. The average molecular weight is 493 g/mol. The molecule has 1 saturated heterocycles. The fraction of sp³-hybridized carbons (Fsp3) is 0.500. The van der Waals surface area contributed by atoms with E-state index < -0.39 is 17.8 Å². The Hall–Kier alpha value is -2.22. The second-order valence-corrected chi connectivity index (χ2v) is 10.1. The van der Waals surface area contributed by atoms with E-state index in [4.69, 9.17) is 21.4 Å². The molecule has 2 aliphatic rings. The highest BCUT2D eigenvalue weighted by Crippen LogP contribution is 2.44. The van der Waals surface area contributed by atoms with Gasteiger partial charge in [0.25, 0.3) is 0 Å². The van der Waals surface area contributed by atoms with Crippen LogP contribution in [-0.4, -0.2) is 48.8 Å². The van der Waals surface area contributed by atoms with E-state index in [0.717, 1.165) is 31.2 Å². The molecule has 0 spiro atoms. The number of ether oxygens (including phenoxy) is 1. The predicted molar refractivity (Wildman–Crippen MR) is 127 cm³/mol. The standard InChI is InChI=1S/C26H31ClF2N2O3/c1-31(2)26(18-4-3-5-19(28)12-18)8-6-16(7-9-26)10-17-11-20(13-22(29)24(17)27)34-21-14-23(25(32)33)30-15-21/h3-5,11-13,16,21,23,30H,6-10,14-15H2,1-2H3,(H,32,33)/t16-,21-,23-,26-/m0/s1. The topological polar surface area (TPSA) is 61.8 Å². The molecule has 2 fully saturated rings. The molecule has 34 heavy (non-hydrogen) atoms. The van der Waals surface area contributed by atoms with Crippen LogP contribution < -0.4 is 10.1 Å². The molecular formula is C26H31ClF2N2O3. The number of hydrogen-bond acceptors (Lipinski definition) is 4. The first-order valence-corrected chi connectivity index (χ1v) is 12.1. The van der Waals surface area contributed by atoms with Crippen LogP contribution in [0.15, 0.2) is 36.4 Å². The normalized spacial score (nSPS) is 27.2. The molecule has 1 aliphatic carbocycles. The van der Waals surface area contributed by atoms with E-state index in [1.807, 2.05) is 20.2 Å². The van der Waals surface area contributed by atoms with Crippen molar-refractivity contribution in [3.63, 3.8) is 0 Å². The van der Waals surface area contributed by atoms with Crippen molar-refractivity contribution < 1.29 is 23.4 Å². The summed E-state index contributed by atoms with van der Waals surface area (Å²) < 4.78 is 34.4. The van der Waals surface area contributed by atoms with Crippen molar-refractivity contribution in [1.82, 2.24) is 10.2 Å². The van der Waals surface area contributed by atoms with Gasteiger partial charge in [-0.05, 0) is 81.4 Å². The van der Waals surface area contributed by atoms with Gasteiger partial charge in [-0.3, -0.25) is 9.69 Å². The summed E-state index contributed by atoms with van der Waals surface area (Å²) >= 11 is 6.32. The molecule has 0 bridgehead atoms. The van der Waals surface area contributed by atoms with Gasteiger partial charge in [-0.25, -0.2) is 8.78 Å². The SMILES string of the molecule is CN(C)[C@]1(c2cccc(F)c2)CC[C@@H](Cc2cc(O[C@@H]3CN[C@H](C(=O)O)C3)cc(F)c2Cl)CC1. The third-order valence-electron chi connectivity index (χ3n) is 7.43. The van der Waals surface area contributed by atoms with E-state index >= 15 is 0 Å². The highest BCUT2D eigenvalue weighted by molar-refractivity contribution is 6.31. The molecule has 2 aromatic carbocycles. The monoisotopic (exact) mass is 492 g/mol. The Bertz CT molecular complexity index is 1040. The fourth-order valence-electron chi connectivity index (χ4n) is 5.45. The number of halogens is 3. The Kier molecular flexibility index (Phi) is 7.45. The van der Waals surface area contributed by atoms with Crippen LogP contribution in [0.5, 0.6) is 5.75 Å². The van der Waals surface area contributed by atoms with Gasteiger partial charge in [0.2, 0.25) is 0 Å². The lowest BCUT2D eigenvalue weighted by atomic mass is 9.70. The Morgan fingerprint density at radius 3 is 2.59 bits per heavy atom. The smallest absolute Gasteiger partial charge is 0.320 e. The van der Waals surface area contributed by atoms with Gasteiger partial charge in [0.1, 0.15) is 29.5 Å². The van der Waals surface area contributed by atoms with Crippen LogP contribution in [0.4, 0.5) is 8.78 Å². The molecule has 0 radical (unpaired) electrons. The molecule has 1 saturated carbocycles. The van der Waals surface area contributed by atoms with E-state index in [1.54, 1.807) is 18.2 Å². The number of carbonyl (C=O) groups is 1. The summed E-state index contributed by atoms with van der Waals surface area (Å²) in [5.74, 6) is -0.996. The molecule has 2 atom stereocenters. The van der Waals surface area contributed by atoms with Gasteiger partial charge < -0.3 is 15.2 Å². The molecule has 8 heteroatoms. The van der Waals surface area contributed by atoms with Crippen LogP contribution in [0, 0.1) is 17.6 Å². The van der Waals surface area contributed by atoms with Gasteiger partial charge in [-0.1, -0.05) is 23.7 Å². The van der Waals surface area contributed by atoms with Gasteiger partial charge >= 0.3 is 5.97 Å². The van der Waals surface area contributed by atoms with E-state index in [0.29, 0.717) is 36.6 Å². The van der Waals surface area contributed by atoms with Crippen molar-refractivity contribution in [3.8, 4) is 5.75 Å². The second-order valence-electron chi connectivity index (χ2n) is 9.74. The van der Waals surface area contributed by atoms with Crippen LogP contribution in [0.2, 0.25) is 5.02 Å². The average Bonchev–Trinajstić information content (AvgIpc) is 3.26. The summed E-state index contributed by atoms with van der Waals surface area (Å²) in [5, 5.41) is 12.1. The highest BCUT2D eigenvalue weighted by Gasteiger charge is 2.39. The lowest BCUT2D eigenvalue weighted by Crippen LogP contribution is -2.44. The Labute approximate surface area is 204 Å². The summed E-state index contributed by atoms with van der Waals surface area (Å²) in [6.07, 6.45) is 4.17. The maximum Gasteiger partial charge on any atom is 0.320 e. The first kappa shape index (κ1) is 24.9. The molecule has 4 rings (SSSR count). The Balaban J connectivity index is 1.45. The second kappa shape index (κ2) is 10.2. The number of rotatable bonds is 7. The predicted octanol–water partition coefficient (Wildman–Crippen LogP) is 5.00. The van der Waals surface area contributed by atoms with E-state index in [-0.39, 0.29) is 22.5 Å². The molecule has 184 valence electrons. The third-order valence-corrected chi connectivity index (χ3v) is 7.85. The molecule has 0 aromatic heterocycles. The minimum absolute atomic E-state index is 0.106. The van der Waals surface area contributed by atoms with Crippen molar-refractivity contribution in [3.05, 3.63) is 64.2 Å². The largest absolute Gasteiger partial charge is 0.489 e. The molecule has 2 aromatic rings. The van der Waals surface area contributed by atoms with E-state index in [1.165, 1.54) is 12.1 Å².